The lowest BCUT2D eigenvalue weighted by atomic mass is 10.0. The van der Waals surface area contributed by atoms with Crippen LogP contribution in [-0.4, -0.2) is 11.6 Å². The molecule has 0 aliphatic heterocycles. The maximum atomic E-state index is 5.69. The second-order valence-corrected chi connectivity index (χ2v) is 4.38. The predicted octanol–water partition coefficient (Wildman–Crippen LogP) is 4.10. The zero-order valence-corrected chi connectivity index (χ0v) is 11.5. The van der Waals surface area contributed by atoms with E-state index in [0.717, 1.165) is 28.2 Å². The smallest absolute Gasteiger partial charge is 0.209 e. The van der Waals surface area contributed by atoms with Crippen molar-refractivity contribution in [1.82, 2.24) is 4.98 Å². The second-order valence-electron chi connectivity index (χ2n) is 4.12. The van der Waals surface area contributed by atoms with Gasteiger partial charge in [-0.05, 0) is 44.0 Å². The quantitative estimate of drug-likeness (QED) is 0.781. The van der Waals surface area contributed by atoms with Gasteiger partial charge in [0, 0.05) is 5.56 Å². The minimum absolute atomic E-state index is 0.287. The van der Waals surface area contributed by atoms with Crippen LogP contribution in [0.2, 0.25) is 0 Å². The lowest BCUT2D eigenvalue weighted by Crippen LogP contribution is -1.95. The number of aryl methyl sites for hydroxylation is 2. The molecule has 18 heavy (non-hydrogen) atoms. The second kappa shape index (κ2) is 5.44. The van der Waals surface area contributed by atoms with Crippen molar-refractivity contribution in [3.8, 4) is 17.1 Å². The van der Waals surface area contributed by atoms with Crippen LogP contribution in [0.4, 0.5) is 0 Å². The highest BCUT2D eigenvalue weighted by Gasteiger charge is 2.11. The van der Waals surface area contributed by atoms with Gasteiger partial charge < -0.3 is 9.15 Å². The Morgan fingerprint density at radius 3 is 2.67 bits per heavy atom. The summed E-state index contributed by atoms with van der Waals surface area (Å²) in [5.41, 5.74) is 3.21. The van der Waals surface area contributed by atoms with E-state index < -0.39 is 0 Å². The summed E-state index contributed by atoms with van der Waals surface area (Å²) in [4.78, 5) is 4.11. The molecular weight excluding hydrogens is 250 g/mol. The zero-order chi connectivity index (χ0) is 13.1. The molecule has 0 saturated carbocycles. The summed E-state index contributed by atoms with van der Waals surface area (Å²) < 4.78 is 11.1. The summed E-state index contributed by atoms with van der Waals surface area (Å²) in [6, 6.07) is 4.08. The van der Waals surface area contributed by atoms with Crippen molar-refractivity contribution in [3.63, 3.8) is 0 Å². The first-order chi connectivity index (χ1) is 8.65. The van der Waals surface area contributed by atoms with Crippen molar-refractivity contribution in [3.05, 3.63) is 35.3 Å². The molecule has 0 aliphatic carbocycles. The van der Waals surface area contributed by atoms with Gasteiger partial charge in [-0.3, -0.25) is 0 Å². The van der Waals surface area contributed by atoms with Gasteiger partial charge in [-0.25, -0.2) is 4.98 Å². The Kier molecular flexibility index (Phi) is 3.92. The number of nitrogens with zero attached hydrogens (tertiary/aromatic N) is 1. The van der Waals surface area contributed by atoms with Crippen molar-refractivity contribution in [1.29, 1.82) is 0 Å². The highest BCUT2D eigenvalue weighted by Crippen LogP contribution is 2.30. The summed E-state index contributed by atoms with van der Waals surface area (Å²) in [6.07, 6.45) is 1.71. The fourth-order valence-corrected chi connectivity index (χ4v) is 1.99. The summed E-state index contributed by atoms with van der Waals surface area (Å²) in [5.74, 6) is 2.48. The molecule has 1 heterocycles. The number of alkyl halides is 1. The molecule has 1 aromatic heterocycles. The van der Waals surface area contributed by atoms with Crippen molar-refractivity contribution in [2.45, 2.75) is 26.7 Å². The molecule has 0 fully saturated rings. The lowest BCUT2D eigenvalue weighted by molar-refractivity contribution is 0.337. The predicted molar refractivity (Wildman–Crippen MR) is 72.1 cm³/mol. The minimum Gasteiger partial charge on any atom is -0.494 e. The van der Waals surface area contributed by atoms with Crippen LogP contribution in [0.5, 0.6) is 5.75 Å². The first-order valence-electron chi connectivity index (χ1n) is 5.90. The van der Waals surface area contributed by atoms with Crippen LogP contribution in [0.25, 0.3) is 11.3 Å². The SMILES string of the molecule is CCOc1cc(C)c(-c2cnc(CCl)o2)cc1C. The van der Waals surface area contributed by atoms with Gasteiger partial charge in [-0.1, -0.05) is 0 Å². The molecule has 0 saturated heterocycles. The van der Waals surface area contributed by atoms with Crippen LogP contribution >= 0.6 is 11.6 Å². The number of aromatic nitrogens is 1. The molecule has 3 nitrogen and oxygen atoms in total. The van der Waals surface area contributed by atoms with Gasteiger partial charge in [0.15, 0.2) is 5.76 Å². The molecule has 2 rings (SSSR count). The van der Waals surface area contributed by atoms with Gasteiger partial charge in [-0.2, -0.15) is 0 Å². The number of rotatable bonds is 4. The average Bonchev–Trinajstić information content (AvgIpc) is 2.82. The third kappa shape index (κ3) is 2.51. The van der Waals surface area contributed by atoms with Crippen LogP contribution < -0.4 is 4.74 Å². The minimum atomic E-state index is 0.287. The number of ether oxygens (including phenoxy) is 1. The van der Waals surface area contributed by atoms with Crippen molar-refractivity contribution in [2.75, 3.05) is 6.61 Å². The van der Waals surface area contributed by atoms with Crippen LogP contribution in [0.15, 0.2) is 22.7 Å². The Morgan fingerprint density at radius 2 is 2.06 bits per heavy atom. The number of hydrogen-bond donors (Lipinski definition) is 0. The Hall–Kier alpha value is -1.48. The zero-order valence-electron chi connectivity index (χ0n) is 10.8. The molecule has 0 aliphatic rings. The van der Waals surface area contributed by atoms with Crippen LogP contribution in [0.1, 0.15) is 23.9 Å². The van der Waals surface area contributed by atoms with E-state index in [1.54, 1.807) is 6.20 Å². The van der Waals surface area contributed by atoms with Gasteiger partial charge in [0.25, 0.3) is 0 Å². The number of hydrogen-bond acceptors (Lipinski definition) is 3. The Balaban J connectivity index is 2.42. The molecule has 2 aromatic rings. The fourth-order valence-electron chi connectivity index (χ4n) is 1.86. The van der Waals surface area contributed by atoms with Crippen molar-refractivity contribution < 1.29 is 9.15 Å². The number of halogens is 1. The molecule has 0 radical (unpaired) electrons. The molecule has 4 heteroatoms. The van der Waals surface area contributed by atoms with Crippen molar-refractivity contribution in [2.24, 2.45) is 0 Å². The van der Waals surface area contributed by atoms with E-state index in [-0.39, 0.29) is 5.88 Å². The molecule has 0 amide bonds. The highest BCUT2D eigenvalue weighted by atomic mass is 35.5. The summed E-state index contributed by atoms with van der Waals surface area (Å²) in [5, 5.41) is 0. The first kappa shape index (κ1) is 13.0. The average molecular weight is 266 g/mol. The lowest BCUT2D eigenvalue weighted by Gasteiger charge is -2.10. The Bertz CT molecular complexity index is 549. The van der Waals surface area contributed by atoms with E-state index in [1.165, 1.54) is 0 Å². The van der Waals surface area contributed by atoms with Crippen LogP contribution in [-0.2, 0) is 5.88 Å². The normalized spacial score (nSPS) is 10.7. The Labute approximate surface area is 112 Å². The molecule has 1 aromatic carbocycles. The van der Waals surface area contributed by atoms with E-state index in [9.17, 15) is 0 Å². The standard InChI is InChI=1S/C14H16ClNO2/c1-4-17-12-6-9(2)11(5-10(12)3)13-8-16-14(7-15)18-13/h5-6,8H,4,7H2,1-3H3. The summed E-state index contributed by atoms with van der Waals surface area (Å²) in [6.45, 7) is 6.69. The summed E-state index contributed by atoms with van der Waals surface area (Å²) >= 11 is 5.69. The fraction of sp³-hybridized carbons (Fsp3) is 0.357. The monoisotopic (exact) mass is 265 g/mol. The van der Waals surface area contributed by atoms with Gasteiger partial charge in [-0.15, -0.1) is 11.6 Å². The van der Waals surface area contributed by atoms with E-state index in [0.29, 0.717) is 12.5 Å². The molecule has 0 unspecified atom stereocenters. The summed E-state index contributed by atoms with van der Waals surface area (Å²) in [7, 11) is 0. The van der Waals surface area contributed by atoms with Gasteiger partial charge >= 0.3 is 0 Å². The van der Waals surface area contributed by atoms with E-state index in [2.05, 4.69) is 11.1 Å². The third-order valence-electron chi connectivity index (χ3n) is 2.76. The molecule has 0 N–H and O–H groups in total. The van der Waals surface area contributed by atoms with Crippen LogP contribution in [0, 0.1) is 13.8 Å². The van der Waals surface area contributed by atoms with E-state index in [4.69, 9.17) is 20.8 Å². The topological polar surface area (TPSA) is 35.3 Å². The maximum Gasteiger partial charge on any atom is 0.209 e. The van der Waals surface area contributed by atoms with Gasteiger partial charge in [0.2, 0.25) is 5.89 Å². The van der Waals surface area contributed by atoms with E-state index >= 15 is 0 Å². The number of benzene rings is 1. The van der Waals surface area contributed by atoms with E-state index in [1.807, 2.05) is 26.8 Å². The maximum absolute atomic E-state index is 5.69. The molecular formula is C14H16ClNO2. The number of oxazole rings is 1. The molecule has 0 spiro atoms. The highest BCUT2D eigenvalue weighted by molar-refractivity contribution is 6.16. The van der Waals surface area contributed by atoms with Gasteiger partial charge in [0.1, 0.15) is 5.75 Å². The van der Waals surface area contributed by atoms with Gasteiger partial charge in [0.05, 0.1) is 18.7 Å². The molecule has 0 bridgehead atoms. The Morgan fingerprint density at radius 1 is 1.28 bits per heavy atom. The first-order valence-corrected chi connectivity index (χ1v) is 6.44. The molecule has 96 valence electrons. The third-order valence-corrected chi connectivity index (χ3v) is 2.98. The van der Waals surface area contributed by atoms with Crippen LogP contribution in [0.3, 0.4) is 0 Å². The van der Waals surface area contributed by atoms with Crippen molar-refractivity contribution >= 4 is 11.6 Å². The largest absolute Gasteiger partial charge is 0.494 e. The molecule has 0 atom stereocenters.